The summed E-state index contributed by atoms with van der Waals surface area (Å²) in [7, 11) is 0. The molecule has 2 aromatic carbocycles. The second-order valence-electron chi connectivity index (χ2n) is 6.60. The molecule has 1 aromatic heterocycles. The van der Waals surface area contributed by atoms with Crippen molar-refractivity contribution < 1.29 is 8.78 Å². The smallest absolute Gasteiger partial charge is 0.130 e. The van der Waals surface area contributed by atoms with Crippen molar-refractivity contribution in [1.29, 1.82) is 0 Å². The lowest BCUT2D eigenvalue weighted by Gasteiger charge is -2.10. The molecular formula is C21H18F2N2. The summed E-state index contributed by atoms with van der Waals surface area (Å²) in [6.07, 6.45) is 1.52. The Balaban J connectivity index is 1.64. The molecule has 2 unspecified atom stereocenters. The van der Waals surface area contributed by atoms with Crippen molar-refractivity contribution in [2.45, 2.75) is 19.5 Å². The predicted octanol–water partition coefficient (Wildman–Crippen LogP) is 5.63. The molecule has 1 fully saturated rings. The van der Waals surface area contributed by atoms with E-state index in [4.69, 9.17) is 0 Å². The van der Waals surface area contributed by atoms with E-state index in [-0.39, 0.29) is 11.7 Å². The van der Waals surface area contributed by atoms with Crippen LogP contribution in [-0.4, -0.2) is 11.2 Å². The molecule has 1 N–H and O–H groups in total. The van der Waals surface area contributed by atoms with Gasteiger partial charge in [-0.25, -0.2) is 13.8 Å². The van der Waals surface area contributed by atoms with Crippen molar-refractivity contribution in [1.82, 2.24) is 4.98 Å². The lowest BCUT2D eigenvalue weighted by Crippen LogP contribution is -2.03. The first kappa shape index (κ1) is 15.8. The Morgan fingerprint density at radius 1 is 1.16 bits per heavy atom. The molecule has 0 radical (unpaired) electrons. The van der Waals surface area contributed by atoms with Gasteiger partial charge in [0.05, 0.1) is 0 Å². The molecule has 1 aliphatic rings. The summed E-state index contributed by atoms with van der Waals surface area (Å²) in [6.45, 7) is 5.85. The highest BCUT2D eigenvalue weighted by Crippen LogP contribution is 2.39. The summed E-state index contributed by atoms with van der Waals surface area (Å²) in [5, 5.41) is 5.07. The zero-order valence-corrected chi connectivity index (χ0v) is 13.9. The van der Waals surface area contributed by atoms with E-state index in [1.807, 2.05) is 31.2 Å². The van der Waals surface area contributed by atoms with Crippen molar-refractivity contribution in [2.24, 2.45) is 5.92 Å². The maximum Gasteiger partial charge on any atom is 0.130 e. The lowest BCUT2D eigenvalue weighted by molar-refractivity contribution is 0.459. The topological polar surface area (TPSA) is 24.9 Å². The Morgan fingerprint density at radius 2 is 1.96 bits per heavy atom. The third kappa shape index (κ3) is 3.12. The third-order valence-corrected chi connectivity index (χ3v) is 4.68. The number of hydrogen-bond donors (Lipinski definition) is 1. The van der Waals surface area contributed by atoms with Gasteiger partial charge in [0, 0.05) is 23.2 Å². The van der Waals surface area contributed by atoms with Crippen LogP contribution >= 0.6 is 0 Å². The van der Waals surface area contributed by atoms with Crippen molar-refractivity contribution in [3.8, 4) is 11.1 Å². The Bertz CT molecular complexity index is 981. The first-order chi connectivity index (χ1) is 12.0. The second kappa shape index (κ2) is 5.96. The van der Waals surface area contributed by atoms with Crippen molar-refractivity contribution in [3.05, 3.63) is 72.3 Å². The number of benzene rings is 2. The lowest BCUT2D eigenvalue weighted by atomic mass is 9.98. The van der Waals surface area contributed by atoms with Gasteiger partial charge in [0.1, 0.15) is 17.8 Å². The Morgan fingerprint density at radius 3 is 2.72 bits per heavy atom. The van der Waals surface area contributed by atoms with E-state index in [2.05, 4.69) is 16.9 Å². The number of anilines is 1. The zero-order chi connectivity index (χ0) is 17.6. The van der Waals surface area contributed by atoms with Gasteiger partial charge in [-0.15, -0.1) is 0 Å². The van der Waals surface area contributed by atoms with Gasteiger partial charge in [-0.3, -0.25) is 0 Å². The molecule has 25 heavy (non-hydrogen) atoms. The van der Waals surface area contributed by atoms with Gasteiger partial charge >= 0.3 is 0 Å². The molecule has 0 bridgehead atoms. The van der Waals surface area contributed by atoms with Crippen LogP contribution in [0, 0.1) is 18.7 Å². The van der Waals surface area contributed by atoms with E-state index < -0.39 is 6.17 Å². The Hall–Kier alpha value is -2.75. The van der Waals surface area contributed by atoms with E-state index in [9.17, 15) is 8.78 Å². The van der Waals surface area contributed by atoms with E-state index in [0.717, 1.165) is 27.5 Å². The molecule has 126 valence electrons. The first-order valence-corrected chi connectivity index (χ1v) is 8.27. The summed E-state index contributed by atoms with van der Waals surface area (Å²) in [6, 6.07) is 12.7. The fraction of sp³-hybridized carbons (Fsp3) is 0.190. The summed E-state index contributed by atoms with van der Waals surface area (Å²) >= 11 is 0. The third-order valence-electron chi connectivity index (χ3n) is 4.68. The number of allylic oxidation sites excluding steroid dienone is 1. The molecule has 0 spiro atoms. The van der Waals surface area contributed by atoms with Crippen LogP contribution in [0.4, 0.5) is 14.6 Å². The largest absolute Gasteiger partial charge is 0.344 e. The number of halogens is 2. The molecule has 1 aliphatic carbocycles. The van der Waals surface area contributed by atoms with E-state index >= 15 is 0 Å². The Labute approximate surface area is 145 Å². The minimum atomic E-state index is -0.780. The van der Waals surface area contributed by atoms with Gasteiger partial charge in [-0.1, -0.05) is 24.8 Å². The van der Waals surface area contributed by atoms with E-state index in [1.54, 1.807) is 18.3 Å². The minimum Gasteiger partial charge on any atom is -0.344 e. The highest BCUT2D eigenvalue weighted by atomic mass is 19.1. The summed E-state index contributed by atoms with van der Waals surface area (Å²) < 4.78 is 26.7. The zero-order valence-electron chi connectivity index (χ0n) is 13.9. The van der Waals surface area contributed by atoms with Gasteiger partial charge in [0.15, 0.2) is 0 Å². The van der Waals surface area contributed by atoms with Crippen LogP contribution in [0.15, 0.2) is 60.9 Å². The van der Waals surface area contributed by atoms with Gasteiger partial charge in [0.2, 0.25) is 0 Å². The number of fused-ring (bicyclic) bond motifs is 1. The standard InChI is InChI=1S/C21H18F2N2/c1-12-3-6-17(22)9-18(12)15-5-4-14-8-21(24-11-16(14)7-15)25-13(2)19-10-20(19)23/h3-9,11,19-20H,2,10H2,1H3,(H,24,25). The van der Waals surface area contributed by atoms with E-state index in [1.165, 1.54) is 6.07 Å². The van der Waals surface area contributed by atoms with Gasteiger partial charge in [-0.05, 0) is 59.7 Å². The highest BCUT2D eigenvalue weighted by molar-refractivity contribution is 5.88. The molecule has 4 heteroatoms. The monoisotopic (exact) mass is 336 g/mol. The summed E-state index contributed by atoms with van der Waals surface area (Å²) in [5.74, 6) is 0.310. The number of nitrogens with one attached hydrogen (secondary N) is 1. The number of aromatic nitrogens is 1. The van der Waals surface area contributed by atoms with E-state index in [0.29, 0.717) is 17.9 Å². The van der Waals surface area contributed by atoms with Crippen LogP contribution in [-0.2, 0) is 0 Å². The van der Waals surface area contributed by atoms with Crippen LogP contribution in [0.3, 0.4) is 0 Å². The minimum absolute atomic E-state index is 0.101. The molecule has 1 heterocycles. The average Bonchev–Trinajstić information content (AvgIpc) is 3.33. The van der Waals surface area contributed by atoms with Crippen LogP contribution in [0.2, 0.25) is 0 Å². The maximum absolute atomic E-state index is 13.6. The quantitative estimate of drug-likeness (QED) is 0.667. The normalized spacial score (nSPS) is 19.0. The molecule has 2 atom stereocenters. The number of hydrogen-bond acceptors (Lipinski definition) is 2. The molecule has 4 rings (SSSR count). The van der Waals surface area contributed by atoms with Gasteiger partial charge in [-0.2, -0.15) is 0 Å². The number of aryl methyl sites for hydroxylation is 1. The number of rotatable bonds is 4. The number of alkyl halides is 1. The highest BCUT2D eigenvalue weighted by Gasteiger charge is 2.39. The molecule has 2 nitrogen and oxygen atoms in total. The summed E-state index contributed by atoms with van der Waals surface area (Å²) in [4.78, 5) is 4.39. The molecule has 1 saturated carbocycles. The van der Waals surface area contributed by atoms with Crippen LogP contribution in [0.25, 0.3) is 21.9 Å². The predicted molar refractivity (Wildman–Crippen MR) is 97.6 cm³/mol. The number of pyridine rings is 1. The first-order valence-electron chi connectivity index (χ1n) is 8.27. The van der Waals surface area contributed by atoms with Crippen LogP contribution < -0.4 is 5.32 Å². The van der Waals surface area contributed by atoms with Crippen molar-refractivity contribution in [2.75, 3.05) is 5.32 Å². The Kier molecular flexibility index (Phi) is 3.75. The van der Waals surface area contributed by atoms with Crippen LogP contribution in [0.5, 0.6) is 0 Å². The molecular weight excluding hydrogens is 318 g/mol. The van der Waals surface area contributed by atoms with Gasteiger partial charge < -0.3 is 5.32 Å². The fourth-order valence-electron chi connectivity index (χ4n) is 3.06. The average molecular weight is 336 g/mol. The van der Waals surface area contributed by atoms with Crippen molar-refractivity contribution >= 4 is 16.6 Å². The molecule has 3 aromatic rings. The van der Waals surface area contributed by atoms with Crippen molar-refractivity contribution in [3.63, 3.8) is 0 Å². The number of nitrogens with zero attached hydrogens (tertiary/aromatic N) is 1. The maximum atomic E-state index is 13.6. The SMILES string of the molecule is C=C(Nc1cc2ccc(-c3cc(F)ccc3C)cc2cn1)C1CC1F. The second-order valence-corrected chi connectivity index (χ2v) is 6.60. The molecule has 0 saturated heterocycles. The van der Waals surface area contributed by atoms with Gasteiger partial charge in [0.25, 0.3) is 0 Å². The fourth-order valence-corrected chi connectivity index (χ4v) is 3.06. The molecule has 0 amide bonds. The summed E-state index contributed by atoms with van der Waals surface area (Å²) in [5.41, 5.74) is 3.52. The molecule has 0 aliphatic heterocycles. The van der Waals surface area contributed by atoms with Crippen LogP contribution in [0.1, 0.15) is 12.0 Å².